The molecule has 1 atom stereocenters. The summed E-state index contributed by atoms with van der Waals surface area (Å²) in [5.41, 5.74) is 0. The maximum absolute atomic E-state index is 5.83. The second kappa shape index (κ2) is 6.94. The van der Waals surface area contributed by atoms with E-state index in [1.54, 1.807) is 0 Å². The van der Waals surface area contributed by atoms with E-state index >= 15 is 0 Å². The van der Waals surface area contributed by atoms with Crippen LogP contribution >= 0.6 is 11.6 Å². The first-order valence-electron chi connectivity index (χ1n) is 7.56. The lowest BCUT2D eigenvalue weighted by Crippen LogP contribution is -2.44. The maximum atomic E-state index is 5.83. The molecule has 2 aliphatic heterocycles. The van der Waals surface area contributed by atoms with Gasteiger partial charge >= 0.3 is 0 Å². The van der Waals surface area contributed by atoms with E-state index in [2.05, 4.69) is 9.80 Å². The van der Waals surface area contributed by atoms with Gasteiger partial charge in [-0.3, -0.25) is 9.80 Å². The van der Waals surface area contributed by atoms with Crippen molar-refractivity contribution in [3.05, 3.63) is 23.1 Å². The summed E-state index contributed by atoms with van der Waals surface area (Å²) in [4.78, 5) is 5.03. The second-order valence-electron chi connectivity index (χ2n) is 5.86. The van der Waals surface area contributed by atoms with Gasteiger partial charge < -0.3 is 9.15 Å². The first-order valence-corrected chi connectivity index (χ1v) is 7.94. The number of furan rings is 1. The predicted octanol–water partition coefficient (Wildman–Crippen LogP) is 2.48. The van der Waals surface area contributed by atoms with Crippen molar-refractivity contribution in [2.45, 2.75) is 19.4 Å². The fraction of sp³-hybridized carbons (Fsp3) is 0.733. The summed E-state index contributed by atoms with van der Waals surface area (Å²) in [6, 6.07) is 3.81. The Balaban J connectivity index is 1.48. The molecule has 4 nitrogen and oxygen atoms in total. The molecule has 20 heavy (non-hydrogen) atoms. The number of likely N-dealkylation sites (tertiary alicyclic amines) is 1. The van der Waals surface area contributed by atoms with Gasteiger partial charge in [0.25, 0.3) is 0 Å². The Morgan fingerprint density at radius 2 is 2.00 bits per heavy atom. The number of hydrogen-bond acceptors (Lipinski definition) is 4. The molecular formula is C15H23ClN2O2. The minimum absolute atomic E-state index is 0.488. The SMILES string of the molecule is Clc1ccc(CN2CCCC(CN3CCOCC3)C2)o1. The van der Waals surface area contributed by atoms with Crippen molar-refractivity contribution in [3.63, 3.8) is 0 Å². The number of hydrogen-bond donors (Lipinski definition) is 0. The van der Waals surface area contributed by atoms with Gasteiger partial charge in [0.1, 0.15) is 5.76 Å². The summed E-state index contributed by atoms with van der Waals surface area (Å²) in [6.45, 7) is 8.37. The fourth-order valence-corrected chi connectivity index (χ4v) is 3.41. The Bertz CT molecular complexity index is 418. The van der Waals surface area contributed by atoms with Gasteiger partial charge in [0.05, 0.1) is 19.8 Å². The molecule has 5 heteroatoms. The highest BCUT2D eigenvalue weighted by atomic mass is 35.5. The lowest BCUT2D eigenvalue weighted by Gasteiger charge is -2.36. The highest BCUT2D eigenvalue weighted by molar-refractivity contribution is 6.28. The molecule has 112 valence electrons. The molecule has 0 saturated carbocycles. The average molecular weight is 299 g/mol. The van der Waals surface area contributed by atoms with Crippen LogP contribution in [0.5, 0.6) is 0 Å². The Kier molecular flexibility index (Phi) is 4.99. The van der Waals surface area contributed by atoms with E-state index in [-0.39, 0.29) is 0 Å². The zero-order valence-electron chi connectivity index (χ0n) is 11.9. The molecule has 2 fully saturated rings. The van der Waals surface area contributed by atoms with Gasteiger partial charge in [0.2, 0.25) is 0 Å². The number of nitrogens with zero attached hydrogens (tertiary/aromatic N) is 2. The third-order valence-electron chi connectivity index (χ3n) is 4.23. The standard InChI is InChI=1S/C15H23ClN2O2/c16-15-4-3-14(20-15)12-18-5-1-2-13(11-18)10-17-6-8-19-9-7-17/h3-4,13H,1-2,5-12H2. The van der Waals surface area contributed by atoms with Crippen LogP contribution < -0.4 is 0 Å². The van der Waals surface area contributed by atoms with Crippen LogP contribution in [0.15, 0.2) is 16.5 Å². The number of rotatable bonds is 4. The summed E-state index contributed by atoms with van der Waals surface area (Å²) in [6.07, 6.45) is 2.62. The molecule has 1 unspecified atom stereocenters. The Hall–Kier alpha value is -0.550. The molecule has 0 amide bonds. The summed E-state index contributed by atoms with van der Waals surface area (Å²) < 4.78 is 10.9. The van der Waals surface area contributed by atoms with Crippen LogP contribution in [0.2, 0.25) is 5.22 Å². The predicted molar refractivity (Wildman–Crippen MR) is 79.0 cm³/mol. The molecule has 3 heterocycles. The van der Waals surface area contributed by atoms with Crippen molar-refractivity contribution in [2.24, 2.45) is 5.92 Å². The molecule has 0 bridgehead atoms. The summed E-state index contributed by atoms with van der Waals surface area (Å²) in [7, 11) is 0. The van der Waals surface area contributed by atoms with E-state index in [1.807, 2.05) is 12.1 Å². The molecule has 3 rings (SSSR count). The van der Waals surface area contributed by atoms with E-state index in [4.69, 9.17) is 20.8 Å². The number of morpholine rings is 1. The average Bonchev–Trinajstić information content (AvgIpc) is 2.86. The smallest absolute Gasteiger partial charge is 0.193 e. The molecule has 2 saturated heterocycles. The minimum Gasteiger partial charge on any atom is -0.448 e. The van der Waals surface area contributed by atoms with Crippen LogP contribution in [-0.2, 0) is 11.3 Å². The highest BCUT2D eigenvalue weighted by Crippen LogP contribution is 2.21. The fourth-order valence-electron chi connectivity index (χ4n) is 3.25. The third-order valence-corrected chi connectivity index (χ3v) is 4.43. The molecule has 0 spiro atoms. The Morgan fingerprint density at radius 3 is 2.75 bits per heavy atom. The van der Waals surface area contributed by atoms with Crippen molar-refractivity contribution in [1.82, 2.24) is 9.80 Å². The van der Waals surface area contributed by atoms with Gasteiger partial charge in [-0.2, -0.15) is 0 Å². The van der Waals surface area contributed by atoms with Crippen LogP contribution in [0.3, 0.4) is 0 Å². The van der Waals surface area contributed by atoms with Crippen LogP contribution in [-0.4, -0.2) is 55.7 Å². The van der Waals surface area contributed by atoms with Gasteiger partial charge in [0, 0.05) is 26.2 Å². The largest absolute Gasteiger partial charge is 0.448 e. The molecule has 0 radical (unpaired) electrons. The lowest BCUT2D eigenvalue weighted by molar-refractivity contribution is 0.0220. The van der Waals surface area contributed by atoms with E-state index in [1.165, 1.54) is 19.4 Å². The zero-order valence-corrected chi connectivity index (χ0v) is 12.6. The molecule has 2 aliphatic rings. The summed E-state index contributed by atoms with van der Waals surface area (Å²) in [5, 5.41) is 0.488. The highest BCUT2D eigenvalue weighted by Gasteiger charge is 2.23. The van der Waals surface area contributed by atoms with Gasteiger partial charge in [-0.05, 0) is 49.0 Å². The van der Waals surface area contributed by atoms with Crippen LogP contribution in [0.4, 0.5) is 0 Å². The van der Waals surface area contributed by atoms with E-state index < -0.39 is 0 Å². The number of halogens is 1. The van der Waals surface area contributed by atoms with Crippen molar-refractivity contribution in [2.75, 3.05) is 45.9 Å². The van der Waals surface area contributed by atoms with Gasteiger partial charge in [-0.25, -0.2) is 0 Å². The van der Waals surface area contributed by atoms with Gasteiger partial charge in [-0.15, -0.1) is 0 Å². The van der Waals surface area contributed by atoms with Crippen molar-refractivity contribution in [1.29, 1.82) is 0 Å². The van der Waals surface area contributed by atoms with Crippen LogP contribution in [0.1, 0.15) is 18.6 Å². The topological polar surface area (TPSA) is 28.9 Å². The zero-order chi connectivity index (χ0) is 13.8. The molecule has 0 aliphatic carbocycles. The number of piperidine rings is 1. The lowest BCUT2D eigenvalue weighted by atomic mass is 9.97. The summed E-state index contributed by atoms with van der Waals surface area (Å²) in [5.74, 6) is 1.74. The van der Waals surface area contributed by atoms with Gasteiger partial charge in [0.15, 0.2) is 5.22 Å². The van der Waals surface area contributed by atoms with Crippen molar-refractivity contribution >= 4 is 11.6 Å². The Labute approximate surface area is 125 Å². The quantitative estimate of drug-likeness (QED) is 0.854. The minimum atomic E-state index is 0.488. The molecule has 0 N–H and O–H groups in total. The van der Waals surface area contributed by atoms with Crippen LogP contribution in [0, 0.1) is 5.92 Å². The second-order valence-corrected chi connectivity index (χ2v) is 6.23. The molecule has 1 aromatic heterocycles. The third kappa shape index (κ3) is 3.98. The normalized spacial score (nSPS) is 25.9. The number of ether oxygens (including phenoxy) is 1. The van der Waals surface area contributed by atoms with E-state index in [9.17, 15) is 0 Å². The monoisotopic (exact) mass is 298 g/mol. The first-order chi connectivity index (χ1) is 9.79. The molecular weight excluding hydrogens is 276 g/mol. The maximum Gasteiger partial charge on any atom is 0.193 e. The van der Waals surface area contributed by atoms with Crippen molar-refractivity contribution in [3.8, 4) is 0 Å². The first kappa shape index (κ1) is 14.4. The van der Waals surface area contributed by atoms with Crippen molar-refractivity contribution < 1.29 is 9.15 Å². The van der Waals surface area contributed by atoms with Crippen LogP contribution in [0.25, 0.3) is 0 Å². The Morgan fingerprint density at radius 1 is 1.15 bits per heavy atom. The van der Waals surface area contributed by atoms with E-state index in [0.717, 1.165) is 57.6 Å². The molecule has 1 aromatic rings. The summed E-state index contributed by atoms with van der Waals surface area (Å²) >= 11 is 5.83. The molecule has 0 aromatic carbocycles. The van der Waals surface area contributed by atoms with Gasteiger partial charge in [-0.1, -0.05) is 0 Å². The van der Waals surface area contributed by atoms with E-state index in [0.29, 0.717) is 5.22 Å².